The molecule has 0 amide bonds. The zero-order valence-corrected chi connectivity index (χ0v) is 14.8. The van der Waals surface area contributed by atoms with Gasteiger partial charge in [0.05, 0.1) is 0 Å². The van der Waals surface area contributed by atoms with Gasteiger partial charge in [0.2, 0.25) is 0 Å². The lowest BCUT2D eigenvalue weighted by atomic mass is 10.1. The quantitative estimate of drug-likeness (QED) is 0.823. The molecule has 2 aromatic rings. The zero-order chi connectivity index (χ0) is 16.3. The summed E-state index contributed by atoms with van der Waals surface area (Å²) < 4.78 is 0. The number of nitrogens with zero attached hydrogens (tertiary/aromatic N) is 1. The SMILES string of the molecule is Cc1ccc(CN(C)C(=S)Nc2cc(C)ccc2C)c(C)c1. The Morgan fingerprint density at radius 3 is 2.27 bits per heavy atom. The second kappa shape index (κ2) is 6.93. The molecule has 0 atom stereocenters. The van der Waals surface area contributed by atoms with Crippen molar-refractivity contribution in [3.05, 3.63) is 64.2 Å². The lowest BCUT2D eigenvalue weighted by molar-refractivity contribution is 0.507. The van der Waals surface area contributed by atoms with Gasteiger partial charge < -0.3 is 10.2 Å². The predicted molar refractivity (Wildman–Crippen MR) is 99.5 cm³/mol. The van der Waals surface area contributed by atoms with Crippen LogP contribution in [0.25, 0.3) is 0 Å². The van der Waals surface area contributed by atoms with Crippen molar-refractivity contribution in [3.63, 3.8) is 0 Å². The average molecular weight is 312 g/mol. The van der Waals surface area contributed by atoms with E-state index in [4.69, 9.17) is 12.2 Å². The zero-order valence-electron chi connectivity index (χ0n) is 14.0. The molecule has 0 aliphatic heterocycles. The Bertz CT molecular complexity index is 692. The maximum Gasteiger partial charge on any atom is 0.173 e. The van der Waals surface area contributed by atoms with Gasteiger partial charge in [0.25, 0.3) is 0 Å². The van der Waals surface area contributed by atoms with Crippen molar-refractivity contribution < 1.29 is 0 Å². The summed E-state index contributed by atoms with van der Waals surface area (Å²) in [7, 11) is 2.03. The minimum absolute atomic E-state index is 0.744. The highest BCUT2D eigenvalue weighted by Crippen LogP contribution is 2.18. The maximum atomic E-state index is 5.54. The van der Waals surface area contributed by atoms with E-state index in [9.17, 15) is 0 Å². The molecule has 1 N–H and O–H groups in total. The van der Waals surface area contributed by atoms with Crippen LogP contribution in [-0.2, 0) is 6.54 Å². The molecule has 116 valence electrons. The molecule has 0 spiro atoms. The average Bonchev–Trinajstić information content (AvgIpc) is 2.45. The molecule has 2 aromatic carbocycles. The first-order valence-electron chi connectivity index (χ1n) is 7.52. The van der Waals surface area contributed by atoms with Crippen LogP contribution in [0.1, 0.15) is 27.8 Å². The summed E-state index contributed by atoms with van der Waals surface area (Å²) in [5.74, 6) is 0. The van der Waals surface area contributed by atoms with Crippen LogP contribution in [0, 0.1) is 27.7 Å². The van der Waals surface area contributed by atoms with Gasteiger partial charge in [0, 0.05) is 19.3 Å². The Morgan fingerprint density at radius 2 is 1.59 bits per heavy atom. The van der Waals surface area contributed by atoms with Gasteiger partial charge in [0.1, 0.15) is 0 Å². The van der Waals surface area contributed by atoms with E-state index >= 15 is 0 Å². The lowest BCUT2D eigenvalue weighted by Crippen LogP contribution is -2.31. The molecule has 2 nitrogen and oxygen atoms in total. The molecule has 0 unspecified atom stereocenters. The van der Waals surface area contributed by atoms with E-state index in [1.165, 1.54) is 27.8 Å². The number of hydrogen-bond donors (Lipinski definition) is 1. The van der Waals surface area contributed by atoms with Crippen molar-refractivity contribution in [2.24, 2.45) is 0 Å². The Morgan fingerprint density at radius 1 is 0.955 bits per heavy atom. The highest BCUT2D eigenvalue weighted by Gasteiger charge is 2.09. The smallest absolute Gasteiger partial charge is 0.173 e. The van der Waals surface area contributed by atoms with Crippen LogP contribution < -0.4 is 5.32 Å². The Labute approximate surface area is 139 Å². The number of hydrogen-bond acceptors (Lipinski definition) is 1. The van der Waals surface area contributed by atoms with Crippen LogP contribution in [0.4, 0.5) is 5.69 Å². The predicted octanol–water partition coefficient (Wildman–Crippen LogP) is 4.75. The molecule has 0 fully saturated rings. The molecular formula is C19H24N2S. The van der Waals surface area contributed by atoms with Crippen LogP contribution in [0.15, 0.2) is 36.4 Å². The van der Waals surface area contributed by atoms with E-state index in [1.54, 1.807) is 0 Å². The molecule has 0 aliphatic carbocycles. The van der Waals surface area contributed by atoms with E-state index < -0.39 is 0 Å². The fraction of sp³-hybridized carbons (Fsp3) is 0.316. The highest BCUT2D eigenvalue weighted by molar-refractivity contribution is 7.80. The van der Waals surface area contributed by atoms with Crippen LogP contribution >= 0.6 is 12.2 Å². The van der Waals surface area contributed by atoms with Gasteiger partial charge in [-0.15, -0.1) is 0 Å². The summed E-state index contributed by atoms with van der Waals surface area (Å²) in [6.07, 6.45) is 0. The lowest BCUT2D eigenvalue weighted by Gasteiger charge is -2.23. The molecule has 0 saturated heterocycles. The number of nitrogens with one attached hydrogen (secondary N) is 1. The molecule has 2 rings (SSSR count). The monoisotopic (exact) mass is 312 g/mol. The molecule has 0 aromatic heterocycles. The van der Waals surface area contributed by atoms with E-state index in [0.29, 0.717) is 0 Å². The van der Waals surface area contributed by atoms with Crippen LogP contribution in [0.2, 0.25) is 0 Å². The van der Waals surface area contributed by atoms with Crippen molar-refractivity contribution in [1.29, 1.82) is 0 Å². The Balaban J connectivity index is 2.07. The molecule has 0 bridgehead atoms. The summed E-state index contributed by atoms with van der Waals surface area (Å²) in [6.45, 7) is 9.26. The molecule has 22 heavy (non-hydrogen) atoms. The molecule has 0 heterocycles. The topological polar surface area (TPSA) is 15.3 Å². The van der Waals surface area contributed by atoms with Gasteiger partial charge in [0.15, 0.2) is 5.11 Å². The Hall–Kier alpha value is -1.87. The molecule has 3 heteroatoms. The van der Waals surface area contributed by atoms with Gasteiger partial charge in [-0.1, -0.05) is 35.9 Å². The first kappa shape index (κ1) is 16.5. The molecule has 0 aliphatic rings. The summed E-state index contributed by atoms with van der Waals surface area (Å²) >= 11 is 5.54. The molecule has 0 saturated carbocycles. The summed E-state index contributed by atoms with van der Waals surface area (Å²) in [5.41, 5.74) is 7.41. The third kappa shape index (κ3) is 4.08. The number of rotatable bonds is 3. The van der Waals surface area contributed by atoms with Crippen LogP contribution in [0.3, 0.4) is 0 Å². The third-order valence-corrected chi connectivity index (χ3v) is 4.30. The van der Waals surface area contributed by atoms with Crippen molar-refractivity contribution in [1.82, 2.24) is 4.90 Å². The summed E-state index contributed by atoms with van der Waals surface area (Å²) in [5, 5.41) is 4.10. The van der Waals surface area contributed by atoms with E-state index in [1.807, 2.05) is 7.05 Å². The van der Waals surface area contributed by atoms with Gasteiger partial charge in [-0.2, -0.15) is 0 Å². The number of benzene rings is 2. The van der Waals surface area contributed by atoms with E-state index in [2.05, 4.69) is 74.3 Å². The molecular weight excluding hydrogens is 288 g/mol. The Kier molecular flexibility index (Phi) is 5.19. The van der Waals surface area contributed by atoms with Crippen molar-refractivity contribution in [3.8, 4) is 0 Å². The third-order valence-electron chi connectivity index (χ3n) is 3.89. The van der Waals surface area contributed by atoms with Gasteiger partial charge in [-0.3, -0.25) is 0 Å². The van der Waals surface area contributed by atoms with E-state index in [0.717, 1.165) is 17.3 Å². The van der Waals surface area contributed by atoms with Crippen molar-refractivity contribution in [2.75, 3.05) is 12.4 Å². The van der Waals surface area contributed by atoms with Gasteiger partial charge in [-0.25, -0.2) is 0 Å². The standard InChI is InChI=1S/C19H24N2S/c1-13-7-9-17(16(4)10-13)12-21(5)19(22)20-18-11-14(2)6-8-15(18)3/h6-11H,12H2,1-5H3,(H,20,22). The molecule has 0 radical (unpaired) electrons. The second-order valence-corrected chi connectivity index (χ2v) is 6.42. The normalized spacial score (nSPS) is 10.4. The van der Waals surface area contributed by atoms with E-state index in [-0.39, 0.29) is 0 Å². The first-order chi connectivity index (χ1) is 10.4. The number of anilines is 1. The van der Waals surface area contributed by atoms with Gasteiger partial charge >= 0.3 is 0 Å². The first-order valence-corrected chi connectivity index (χ1v) is 7.93. The minimum atomic E-state index is 0.744. The fourth-order valence-corrected chi connectivity index (χ4v) is 2.61. The highest BCUT2D eigenvalue weighted by atomic mass is 32.1. The number of aryl methyl sites for hydroxylation is 4. The van der Waals surface area contributed by atoms with Crippen molar-refractivity contribution in [2.45, 2.75) is 34.2 Å². The summed E-state index contributed by atoms with van der Waals surface area (Å²) in [6, 6.07) is 12.9. The number of thiocarbonyl (C=S) groups is 1. The summed E-state index contributed by atoms with van der Waals surface area (Å²) in [4.78, 5) is 2.08. The van der Waals surface area contributed by atoms with Crippen molar-refractivity contribution >= 4 is 23.0 Å². The van der Waals surface area contributed by atoms with Crippen LogP contribution in [0.5, 0.6) is 0 Å². The largest absolute Gasteiger partial charge is 0.348 e. The van der Waals surface area contributed by atoms with Gasteiger partial charge in [-0.05, 0) is 68.2 Å². The second-order valence-electron chi connectivity index (χ2n) is 6.03. The minimum Gasteiger partial charge on any atom is -0.348 e. The van der Waals surface area contributed by atoms with Crippen LogP contribution in [-0.4, -0.2) is 17.1 Å². The maximum absolute atomic E-state index is 5.54. The fourth-order valence-electron chi connectivity index (χ4n) is 2.43.